The number of esters is 1. The van der Waals surface area contributed by atoms with Gasteiger partial charge in [-0.2, -0.15) is 0 Å². The van der Waals surface area contributed by atoms with Crippen LogP contribution in [0, 0.1) is 10.1 Å². The van der Waals surface area contributed by atoms with Gasteiger partial charge in [0.25, 0.3) is 5.69 Å². The average Bonchev–Trinajstić information content (AvgIpc) is 3.13. The molecule has 0 saturated heterocycles. The number of thiophene rings is 1. The Kier molecular flexibility index (Phi) is 7.21. The maximum Gasteiger partial charge on any atom is 0.342 e. The number of non-ortho nitro benzene ring substituents is 1. The van der Waals surface area contributed by atoms with Gasteiger partial charge in [-0.15, -0.1) is 11.3 Å². The molecule has 28 heavy (non-hydrogen) atoms. The topological polar surface area (TPSA) is 125 Å². The quantitative estimate of drug-likeness (QED) is 0.293. The standard InChI is InChI=1S/C18H18N2O7S/c1-11(21)19-8-7-13-4-6-17(28-13)15(22)10-27-18(23)14-9-12(20(24)25)3-5-16(14)26-2/h3-6,9H,7-8,10H2,1-2H3,(H,19,21). The summed E-state index contributed by atoms with van der Waals surface area (Å²) < 4.78 is 10.0. The number of benzene rings is 1. The number of rotatable bonds is 9. The largest absolute Gasteiger partial charge is 0.496 e. The van der Waals surface area contributed by atoms with Gasteiger partial charge in [0.15, 0.2) is 6.61 Å². The Morgan fingerprint density at radius 2 is 1.96 bits per heavy atom. The Hall–Kier alpha value is -3.27. The van der Waals surface area contributed by atoms with Crippen LogP contribution >= 0.6 is 11.3 Å². The Labute approximate surface area is 164 Å². The molecule has 0 spiro atoms. The molecule has 0 unspecified atom stereocenters. The van der Waals surface area contributed by atoms with E-state index in [-0.39, 0.29) is 22.9 Å². The average molecular weight is 406 g/mol. The van der Waals surface area contributed by atoms with E-state index in [0.29, 0.717) is 17.8 Å². The Morgan fingerprint density at radius 1 is 1.21 bits per heavy atom. The number of hydrogen-bond donors (Lipinski definition) is 1. The van der Waals surface area contributed by atoms with Gasteiger partial charge in [-0.05, 0) is 24.6 Å². The second-order valence-corrected chi connectivity index (χ2v) is 6.81. The van der Waals surface area contributed by atoms with E-state index >= 15 is 0 Å². The van der Waals surface area contributed by atoms with Crippen molar-refractivity contribution >= 4 is 34.7 Å². The summed E-state index contributed by atoms with van der Waals surface area (Å²) in [5.74, 6) is -1.30. The zero-order valence-corrected chi connectivity index (χ0v) is 16.0. The number of nitrogens with one attached hydrogen (secondary N) is 1. The van der Waals surface area contributed by atoms with Crippen molar-refractivity contribution in [2.45, 2.75) is 13.3 Å². The molecule has 9 nitrogen and oxygen atoms in total. The third-order valence-electron chi connectivity index (χ3n) is 3.63. The number of ketones is 1. The molecule has 0 atom stereocenters. The minimum Gasteiger partial charge on any atom is -0.496 e. The van der Waals surface area contributed by atoms with Crippen LogP contribution in [0.2, 0.25) is 0 Å². The molecule has 2 rings (SSSR count). The van der Waals surface area contributed by atoms with E-state index in [1.54, 1.807) is 12.1 Å². The van der Waals surface area contributed by atoms with Gasteiger partial charge in [-0.25, -0.2) is 4.79 Å². The van der Waals surface area contributed by atoms with E-state index in [4.69, 9.17) is 9.47 Å². The summed E-state index contributed by atoms with van der Waals surface area (Å²) in [7, 11) is 1.32. The van der Waals surface area contributed by atoms with Crippen LogP contribution in [-0.4, -0.2) is 42.8 Å². The number of carbonyl (C=O) groups excluding carboxylic acids is 3. The summed E-state index contributed by atoms with van der Waals surface area (Å²) >= 11 is 1.25. The molecule has 2 aromatic rings. The van der Waals surface area contributed by atoms with Crippen LogP contribution < -0.4 is 10.1 Å². The molecule has 1 aromatic carbocycles. The molecule has 0 radical (unpaired) electrons. The van der Waals surface area contributed by atoms with Crippen molar-refractivity contribution in [2.24, 2.45) is 0 Å². The molecular weight excluding hydrogens is 388 g/mol. The van der Waals surface area contributed by atoms with Crippen molar-refractivity contribution in [1.82, 2.24) is 5.32 Å². The first-order valence-electron chi connectivity index (χ1n) is 8.17. The zero-order valence-electron chi connectivity index (χ0n) is 15.2. The number of ether oxygens (including phenoxy) is 2. The number of nitro benzene ring substituents is 1. The third-order valence-corrected chi connectivity index (χ3v) is 4.82. The zero-order chi connectivity index (χ0) is 20.7. The first kappa shape index (κ1) is 21.0. The van der Waals surface area contributed by atoms with Crippen molar-refractivity contribution in [1.29, 1.82) is 0 Å². The predicted octanol–water partition coefficient (Wildman–Crippen LogP) is 2.38. The lowest BCUT2D eigenvalue weighted by Crippen LogP contribution is -2.22. The Bertz CT molecular complexity index is 907. The van der Waals surface area contributed by atoms with Crippen LogP contribution in [0.25, 0.3) is 0 Å². The number of nitro groups is 1. The van der Waals surface area contributed by atoms with E-state index in [0.717, 1.165) is 10.9 Å². The van der Waals surface area contributed by atoms with Crippen LogP contribution in [0.3, 0.4) is 0 Å². The molecule has 10 heteroatoms. The fourth-order valence-corrected chi connectivity index (χ4v) is 3.20. The van der Waals surface area contributed by atoms with Crippen LogP contribution in [-0.2, 0) is 16.0 Å². The molecule has 0 bridgehead atoms. The number of methoxy groups -OCH3 is 1. The molecule has 0 aliphatic rings. The lowest BCUT2D eigenvalue weighted by molar-refractivity contribution is -0.384. The summed E-state index contributed by atoms with van der Waals surface area (Å²) in [5.41, 5.74) is -0.423. The van der Waals surface area contributed by atoms with Crippen molar-refractivity contribution in [3.05, 3.63) is 55.8 Å². The van der Waals surface area contributed by atoms with Gasteiger partial charge < -0.3 is 14.8 Å². The van der Waals surface area contributed by atoms with Gasteiger partial charge in [-0.1, -0.05) is 0 Å². The molecule has 1 aromatic heterocycles. The van der Waals surface area contributed by atoms with Gasteiger partial charge in [0, 0.05) is 30.5 Å². The summed E-state index contributed by atoms with van der Waals surface area (Å²) in [4.78, 5) is 46.9. The molecular formula is C18H18N2O7S. The molecule has 148 valence electrons. The fourth-order valence-electron chi connectivity index (χ4n) is 2.27. The van der Waals surface area contributed by atoms with E-state index in [1.165, 1.54) is 37.5 Å². The first-order valence-corrected chi connectivity index (χ1v) is 8.99. The van der Waals surface area contributed by atoms with Crippen LogP contribution in [0.5, 0.6) is 5.75 Å². The van der Waals surface area contributed by atoms with Gasteiger partial charge >= 0.3 is 5.97 Å². The highest BCUT2D eigenvalue weighted by molar-refractivity contribution is 7.14. The van der Waals surface area contributed by atoms with Gasteiger partial charge in [0.2, 0.25) is 11.7 Å². The van der Waals surface area contributed by atoms with E-state index < -0.39 is 23.3 Å². The van der Waals surface area contributed by atoms with Gasteiger partial charge in [-0.3, -0.25) is 19.7 Å². The molecule has 0 aliphatic carbocycles. The number of hydrogen-bond acceptors (Lipinski definition) is 8. The SMILES string of the molecule is COc1ccc([N+](=O)[O-])cc1C(=O)OCC(=O)c1ccc(CCNC(C)=O)s1. The van der Waals surface area contributed by atoms with Crippen molar-refractivity contribution in [3.63, 3.8) is 0 Å². The molecule has 0 aliphatic heterocycles. The maximum atomic E-state index is 12.2. The molecule has 0 fully saturated rings. The first-order chi connectivity index (χ1) is 13.3. The van der Waals surface area contributed by atoms with Gasteiger partial charge in [0.05, 0.1) is 16.9 Å². The lowest BCUT2D eigenvalue weighted by atomic mass is 10.2. The minimum atomic E-state index is -0.892. The number of nitrogens with zero attached hydrogens (tertiary/aromatic N) is 1. The number of carbonyl (C=O) groups is 3. The summed E-state index contributed by atoms with van der Waals surface area (Å²) in [5, 5.41) is 13.5. The molecule has 1 heterocycles. The van der Waals surface area contributed by atoms with Crippen molar-refractivity contribution < 1.29 is 28.8 Å². The van der Waals surface area contributed by atoms with E-state index in [1.807, 2.05) is 0 Å². The lowest BCUT2D eigenvalue weighted by Gasteiger charge is -2.08. The van der Waals surface area contributed by atoms with E-state index in [2.05, 4.69) is 5.32 Å². The monoisotopic (exact) mass is 406 g/mol. The summed E-state index contributed by atoms with van der Waals surface area (Å²) in [6.45, 7) is 1.38. The summed E-state index contributed by atoms with van der Waals surface area (Å²) in [6.07, 6.45) is 0.586. The highest BCUT2D eigenvalue weighted by Gasteiger charge is 2.20. The Balaban J connectivity index is 1.98. The minimum absolute atomic E-state index is 0.111. The van der Waals surface area contributed by atoms with Gasteiger partial charge in [0.1, 0.15) is 11.3 Å². The predicted molar refractivity (Wildman–Crippen MR) is 101 cm³/mol. The Morgan fingerprint density at radius 3 is 2.61 bits per heavy atom. The van der Waals surface area contributed by atoms with Crippen LogP contribution in [0.4, 0.5) is 5.69 Å². The van der Waals surface area contributed by atoms with Crippen molar-refractivity contribution in [2.75, 3.05) is 20.3 Å². The smallest absolute Gasteiger partial charge is 0.342 e. The molecule has 1 amide bonds. The second-order valence-electron chi connectivity index (χ2n) is 5.64. The van der Waals surface area contributed by atoms with Crippen molar-refractivity contribution in [3.8, 4) is 5.75 Å². The highest BCUT2D eigenvalue weighted by Crippen LogP contribution is 2.25. The highest BCUT2D eigenvalue weighted by atomic mass is 32.1. The second kappa shape index (κ2) is 9.60. The third kappa shape index (κ3) is 5.61. The normalized spacial score (nSPS) is 10.2. The molecule has 0 saturated carbocycles. The maximum absolute atomic E-state index is 12.2. The van der Waals surface area contributed by atoms with Crippen LogP contribution in [0.15, 0.2) is 30.3 Å². The van der Waals surface area contributed by atoms with Crippen LogP contribution in [0.1, 0.15) is 31.8 Å². The number of Topliss-reactive ketones (excluding diaryl/α,β-unsaturated/α-hetero) is 1. The fraction of sp³-hybridized carbons (Fsp3) is 0.278. The number of amides is 1. The summed E-state index contributed by atoms with van der Waals surface area (Å²) in [6, 6.07) is 6.92. The van der Waals surface area contributed by atoms with E-state index in [9.17, 15) is 24.5 Å². The molecule has 1 N–H and O–H groups in total.